The Labute approximate surface area is 229 Å². The molecule has 0 radical (unpaired) electrons. The Balaban J connectivity index is 1.30. The topological polar surface area (TPSA) is 47.6 Å². The lowest BCUT2D eigenvalue weighted by Gasteiger charge is -2.22. The Hall–Kier alpha value is -4.12. The minimum atomic E-state index is -0.634. The molecule has 1 aliphatic carbocycles. The molecule has 1 aliphatic rings. The Morgan fingerprint density at radius 1 is 0.769 bits per heavy atom. The Morgan fingerprint density at radius 3 is 2.08 bits per heavy atom. The molecule has 5 rings (SSSR count). The van der Waals surface area contributed by atoms with E-state index in [2.05, 4.69) is 29.6 Å². The van der Waals surface area contributed by atoms with E-state index < -0.39 is 11.8 Å². The molecule has 0 amide bonds. The van der Waals surface area contributed by atoms with Crippen LogP contribution in [0.2, 0.25) is 0 Å². The maximum atomic E-state index is 15.2. The minimum absolute atomic E-state index is 0.0572. The average Bonchev–Trinajstić information content (AvgIpc) is 3.00. The van der Waals surface area contributed by atoms with Gasteiger partial charge >= 0.3 is 5.97 Å². The Bertz CT molecular complexity index is 1350. The summed E-state index contributed by atoms with van der Waals surface area (Å²) in [5.74, 6) is -0.247. The maximum Gasteiger partial charge on any atom is 0.342 e. The number of ether oxygens (including phenoxy) is 2. The first kappa shape index (κ1) is 26.5. The summed E-state index contributed by atoms with van der Waals surface area (Å²) in [6.07, 6.45) is 6.46. The molecule has 0 heterocycles. The molecule has 1 fully saturated rings. The zero-order valence-corrected chi connectivity index (χ0v) is 22.1. The number of anilines is 1. The van der Waals surface area contributed by atoms with Crippen LogP contribution in [0.4, 0.5) is 10.1 Å². The van der Waals surface area contributed by atoms with Crippen LogP contribution in [0.5, 0.6) is 5.75 Å². The summed E-state index contributed by atoms with van der Waals surface area (Å²) in [5, 5.41) is 3.18. The molecule has 200 valence electrons. The van der Waals surface area contributed by atoms with Crippen LogP contribution in [0, 0.1) is 5.82 Å². The molecule has 5 heteroatoms. The lowest BCUT2D eigenvalue weighted by atomic mass is 9.84. The normalized spacial score (nSPS) is 13.6. The minimum Gasteiger partial charge on any atom is -0.488 e. The van der Waals surface area contributed by atoms with Crippen molar-refractivity contribution in [1.29, 1.82) is 0 Å². The Kier molecular flexibility index (Phi) is 8.90. The lowest BCUT2D eigenvalue weighted by Crippen LogP contribution is -2.11. The summed E-state index contributed by atoms with van der Waals surface area (Å²) in [6, 6.07) is 30.4. The van der Waals surface area contributed by atoms with Gasteiger partial charge in [0.05, 0.1) is 5.69 Å². The second-order valence-corrected chi connectivity index (χ2v) is 10.1. The van der Waals surface area contributed by atoms with Gasteiger partial charge in [-0.15, -0.1) is 0 Å². The maximum absolute atomic E-state index is 15.2. The highest BCUT2D eigenvalue weighted by atomic mass is 19.1. The van der Waals surface area contributed by atoms with Gasteiger partial charge in [0.1, 0.15) is 30.3 Å². The van der Waals surface area contributed by atoms with Crippen LogP contribution in [0.3, 0.4) is 0 Å². The molecule has 0 spiro atoms. The number of carbonyl (C=O) groups is 1. The number of nitrogens with one attached hydrogen (secondary N) is 1. The average molecular weight is 524 g/mol. The fourth-order valence-corrected chi connectivity index (χ4v) is 5.04. The third-order valence-electron chi connectivity index (χ3n) is 7.28. The van der Waals surface area contributed by atoms with Gasteiger partial charge in [0.25, 0.3) is 0 Å². The highest BCUT2D eigenvalue weighted by molar-refractivity contribution is 5.93. The number of halogens is 1. The largest absolute Gasteiger partial charge is 0.488 e. The van der Waals surface area contributed by atoms with E-state index in [-0.39, 0.29) is 30.2 Å². The summed E-state index contributed by atoms with van der Waals surface area (Å²) in [7, 11) is 0. The van der Waals surface area contributed by atoms with E-state index in [1.807, 2.05) is 60.7 Å². The number of benzene rings is 4. The molecular weight excluding hydrogens is 489 g/mol. The van der Waals surface area contributed by atoms with E-state index in [1.165, 1.54) is 43.7 Å². The summed E-state index contributed by atoms with van der Waals surface area (Å²) in [4.78, 5) is 13.0. The second-order valence-electron chi connectivity index (χ2n) is 10.1. The monoisotopic (exact) mass is 523 g/mol. The van der Waals surface area contributed by atoms with Crippen molar-refractivity contribution in [3.63, 3.8) is 0 Å². The van der Waals surface area contributed by atoms with Gasteiger partial charge in [-0.3, -0.25) is 0 Å². The smallest absolute Gasteiger partial charge is 0.342 e. The molecule has 39 heavy (non-hydrogen) atoms. The first-order chi connectivity index (χ1) is 19.2. The first-order valence-corrected chi connectivity index (χ1v) is 13.7. The highest BCUT2D eigenvalue weighted by Crippen LogP contribution is 2.33. The summed E-state index contributed by atoms with van der Waals surface area (Å²) in [5.41, 5.74) is 4.58. The van der Waals surface area contributed by atoms with Crippen LogP contribution < -0.4 is 10.1 Å². The van der Waals surface area contributed by atoms with Crippen molar-refractivity contribution in [3.05, 3.63) is 131 Å². The number of rotatable bonds is 10. The van der Waals surface area contributed by atoms with Crippen LogP contribution in [-0.2, 0) is 24.5 Å². The molecule has 0 aromatic heterocycles. The predicted octanol–water partition coefficient (Wildman–Crippen LogP) is 8.42. The Morgan fingerprint density at radius 2 is 1.41 bits per heavy atom. The van der Waals surface area contributed by atoms with E-state index in [4.69, 9.17) is 9.47 Å². The number of esters is 1. The van der Waals surface area contributed by atoms with Gasteiger partial charge < -0.3 is 14.8 Å². The second kappa shape index (κ2) is 13.1. The van der Waals surface area contributed by atoms with Crippen LogP contribution >= 0.6 is 0 Å². The third-order valence-corrected chi connectivity index (χ3v) is 7.28. The van der Waals surface area contributed by atoms with Crippen LogP contribution in [-0.4, -0.2) is 5.97 Å². The molecule has 0 unspecified atom stereocenters. The third kappa shape index (κ3) is 7.26. The fraction of sp³-hybridized carbons (Fsp3) is 0.265. The number of hydrogen-bond acceptors (Lipinski definition) is 4. The molecule has 4 aromatic carbocycles. The van der Waals surface area contributed by atoms with Gasteiger partial charge in [-0.2, -0.15) is 0 Å². The van der Waals surface area contributed by atoms with Crippen molar-refractivity contribution in [2.75, 3.05) is 5.32 Å². The summed E-state index contributed by atoms with van der Waals surface area (Å²) in [6.45, 7) is 0.793. The van der Waals surface area contributed by atoms with Crippen molar-refractivity contribution in [3.8, 4) is 5.75 Å². The number of hydrogen-bond donors (Lipinski definition) is 1. The van der Waals surface area contributed by atoms with Gasteiger partial charge in [0.2, 0.25) is 0 Å². The number of carbonyl (C=O) groups excluding carboxylic acids is 1. The van der Waals surface area contributed by atoms with Gasteiger partial charge in [-0.05, 0) is 47.1 Å². The van der Waals surface area contributed by atoms with Gasteiger partial charge in [-0.25, -0.2) is 9.18 Å². The van der Waals surface area contributed by atoms with Crippen LogP contribution in [0.1, 0.15) is 70.6 Å². The van der Waals surface area contributed by atoms with Crippen LogP contribution in [0.15, 0.2) is 97.1 Å². The van der Waals surface area contributed by atoms with Gasteiger partial charge in [0, 0.05) is 12.6 Å². The van der Waals surface area contributed by atoms with Crippen molar-refractivity contribution in [1.82, 2.24) is 0 Å². The first-order valence-electron chi connectivity index (χ1n) is 13.7. The SMILES string of the molecule is O=C(OCc1ccccc1)c1cc(F)c(NCc2ccc(C3CCCCC3)cc2)cc1OCc1ccccc1. The molecule has 0 atom stereocenters. The van der Waals surface area contributed by atoms with Crippen molar-refractivity contribution < 1.29 is 18.7 Å². The van der Waals surface area contributed by atoms with Crippen molar-refractivity contribution in [2.45, 2.75) is 57.8 Å². The summed E-state index contributed by atoms with van der Waals surface area (Å²) < 4.78 is 26.7. The molecule has 4 aromatic rings. The van der Waals surface area contributed by atoms with E-state index in [0.717, 1.165) is 16.7 Å². The molecule has 0 saturated heterocycles. The molecule has 0 bridgehead atoms. The zero-order valence-electron chi connectivity index (χ0n) is 22.1. The predicted molar refractivity (Wildman–Crippen MR) is 152 cm³/mol. The van der Waals surface area contributed by atoms with Gasteiger partial charge in [0.15, 0.2) is 0 Å². The lowest BCUT2D eigenvalue weighted by molar-refractivity contribution is 0.0467. The molecular formula is C34H34FNO3. The van der Waals surface area contributed by atoms with Crippen molar-refractivity contribution >= 4 is 11.7 Å². The molecule has 1 N–H and O–H groups in total. The zero-order chi connectivity index (χ0) is 26.9. The fourth-order valence-electron chi connectivity index (χ4n) is 5.04. The molecule has 4 nitrogen and oxygen atoms in total. The quantitative estimate of drug-likeness (QED) is 0.212. The highest BCUT2D eigenvalue weighted by Gasteiger charge is 2.20. The molecule has 1 saturated carbocycles. The van der Waals surface area contributed by atoms with Crippen molar-refractivity contribution in [2.24, 2.45) is 0 Å². The van der Waals surface area contributed by atoms with E-state index in [9.17, 15) is 4.79 Å². The van der Waals surface area contributed by atoms with E-state index >= 15 is 4.39 Å². The molecule has 0 aliphatic heterocycles. The summed E-state index contributed by atoms with van der Waals surface area (Å²) >= 11 is 0. The van der Waals surface area contributed by atoms with Crippen LogP contribution in [0.25, 0.3) is 0 Å². The van der Waals surface area contributed by atoms with E-state index in [1.54, 1.807) is 6.07 Å². The van der Waals surface area contributed by atoms with Gasteiger partial charge in [-0.1, -0.05) is 104 Å². The van der Waals surface area contributed by atoms with E-state index in [0.29, 0.717) is 12.5 Å². The standard InChI is InChI=1S/C34H34FNO3/c35-31-20-30(34(37)39-24-27-12-6-2-7-13-27)33(38-23-26-10-4-1-5-11-26)21-32(31)36-22-25-16-18-29(19-17-25)28-14-8-3-9-15-28/h1-2,4-7,10-13,16-21,28,36H,3,8-9,14-15,22-24H2.